The lowest BCUT2D eigenvalue weighted by Gasteiger charge is -2.26. The van der Waals surface area contributed by atoms with Crippen molar-refractivity contribution >= 4 is 50.1 Å². The molecule has 2 N–H and O–H groups in total. The first-order chi connectivity index (χ1) is 21.7. The number of aromatic nitrogens is 5. The largest absolute Gasteiger partial charge is 0.497 e. The van der Waals surface area contributed by atoms with E-state index >= 15 is 0 Å². The molecule has 2 amide bonds. The van der Waals surface area contributed by atoms with E-state index in [2.05, 4.69) is 31.0 Å². The number of sulfonamides is 1. The van der Waals surface area contributed by atoms with Crippen molar-refractivity contribution in [3.8, 4) is 17.2 Å². The zero-order valence-corrected chi connectivity index (χ0v) is 27.0. The van der Waals surface area contributed by atoms with Crippen molar-refractivity contribution < 1.29 is 32.2 Å². The number of methoxy groups -OCH3 is 2. The highest BCUT2D eigenvalue weighted by Crippen LogP contribution is 2.32. The molecule has 0 radical (unpaired) electrons. The van der Waals surface area contributed by atoms with Gasteiger partial charge in [-0.1, -0.05) is 23.1 Å². The van der Waals surface area contributed by atoms with Crippen LogP contribution in [0.4, 0.5) is 5.13 Å². The van der Waals surface area contributed by atoms with Gasteiger partial charge in [-0.3, -0.25) is 19.5 Å². The molecule has 5 rings (SSSR count). The molecule has 0 unspecified atom stereocenters. The number of carbonyl (C=O) groups is 2. The third-order valence-corrected chi connectivity index (χ3v) is 10.2. The van der Waals surface area contributed by atoms with Crippen LogP contribution in [0.25, 0.3) is 5.69 Å². The third kappa shape index (κ3) is 7.59. The minimum atomic E-state index is -3.69. The summed E-state index contributed by atoms with van der Waals surface area (Å²) in [5, 5.41) is 23.4. The summed E-state index contributed by atoms with van der Waals surface area (Å²) < 4.78 is 45.2. The van der Waals surface area contributed by atoms with Gasteiger partial charge in [0.15, 0.2) is 11.0 Å². The van der Waals surface area contributed by atoms with Crippen LogP contribution in [0.1, 0.15) is 21.2 Å². The van der Waals surface area contributed by atoms with Crippen molar-refractivity contribution in [3.05, 3.63) is 58.9 Å². The molecule has 45 heavy (non-hydrogen) atoms. The summed E-state index contributed by atoms with van der Waals surface area (Å²) in [4.78, 5) is 25.8. The Morgan fingerprint density at radius 1 is 1.02 bits per heavy atom. The molecule has 238 valence electrons. The van der Waals surface area contributed by atoms with Crippen molar-refractivity contribution in [2.45, 2.75) is 23.5 Å². The summed E-state index contributed by atoms with van der Waals surface area (Å²) in [6.45, 7) is 2.97. The van der Waals surface area contributed by atoms with Crippen LogP contribution in [0.15, 0.2) is 52.5 Å². The zero-order valence-electron chi connectivity index (χ0n) is 24.5. The molecule has 1 aliphatic rings. The van der Waals surface area contributed by atoms with Crippen molar-refractivity contribution in [1.82, 2.24) is 34.6 Å². The van der Waals surface area contributed by atoms with E-state index in [0.29, 0.717) is 46.5 Å². The highest BCUT2D eigenvalue weighted by atomic mass is 32.2. The number of carbonyl (C=O) groups excluding carboxylic acids is 2. The molecule has 18 heteroatoms. The van der Waals surface area contributed by atoms with E-state index < -0.39 is 15.9 Å². The normalized spacial score (nSPS) is 13.8. The van der Waals surface area contributed by atoms with Crippen molar-refractivity contribution in [3.63, 3.8) is 0 Å². The quantitative estimate of drug-likeness (QED) is 0.209. The maximum Gasteiger partial charge on any atom is 0.251 e. The molecule has 3 heterocycles. The number of aryl methyl sites for hydroxylation is 1. The van der Waals surface area contributed by atoms with E-state index in [1.165, 1.54) is 54.1 Å². The number of rotatable bonds is 12. The van der Waals surface area contributed by atoms with Gasteiger partial charge >= 0.3 is 0 Å². The molecule has 2 aromatic heterocycles. The summed E-state index contributed by atoms with van der Waals surface area (Å²) in [7, 11) is -0.642. The van der Waals surface area contributed by atoms with Gasteiger partial charge < -0.3 is 19.5 Å². The Kier molecular flexibility index (Phi) is 10.3. The van der Waals surface area contributed by atoms with E-state index in [-0.39, 0.29) is 41.8 Å². The number of hydrogen-bond donors (Lipinski definition) is 2. The van der Waals surface area contributed by atoms with Crippen LogP contribution in [-0.2, 0) is 26.1 Å². The number of amides is 2. The lowest BCUT2D eigenvalue weighted by molar-refractivity contribution is -0.113. The average Bonchev–Trinajstić information content (AvgIpc) is 3.67. The summed E-state index contributed by atoms with van der Waals surface area (Å²) in [6, 6.07) is 10.9. The first kappa shape index (κ1) is 32.3. The minimum absolute atomic E-state index is 0.00485. The van der Waals surface area contributed by atoms with Gasteiger partial charge in [-0.15, -0.1) is 20.4 Å². The van der Waals surface area contributed by atoms with Crippen LogP contribution >= 0.6 is 23.1 Å². The molecule has 15 nitrogen and oxygen atoms in total. The second-order valence-corrected chi connectivity index (χ2v) is 13.5. The van der Waals surface area contributed by atoms with Crippen LogP contribution in [-0.4, -0.2) is 95.8 Å². The predicted octanol–water partition coefficient (Wildman–Crippen LogP) is 2.13. The van der Waals surface area contributed by atoms with Crippen LogP contribution in [0.2, 0.25) is 0 Å². The summed E-state index contributed by atoms with van der Waals surface area (Å²) in [5.41, 5.74) is 0.797. The van der Waals surface area contributed by atoms with Gasteiger partial charge in [0, 0.05) is 24.7 Å². The second kappa shape index (κ2) is 14.3. The fourth-order valence-electron chi connectivity index (χ4n) is 4.33. The van der Waals surface area contributed by atoms with E-state index in [4.69, 9.17) is 14.2 Å². The Morgan fingerprint density at radius 2 is 1.78 bits per heavy atom. The van der Waals surface area contributed by atoms with E-state index in [0.717, 1.165) is 16.8 Å². The van der Waals surface area contributed by atoms with Crippen molar-refractivity contribution in [2.75, 3.05) is 51.6 Å². The molecule has 1 aliphatic heterocycles. The number of anilines is 1. The highest BCUT2D eigenvalue weighted by molar-refractivity contribution is 7.99. The number of benzene rings is 2. The molecular formula is C27H30N8O7S3. The van der Waals surface area contributed by atoms with E-state index in [1.807, 2.05) is 0 Å². The first-order valence-electron chi connectivity index (χ1n) is 13.5. The molecule has 0 aliphatic carbocycles. The van der Waals surface area contributed by atoms with Crippen LogP contribution in [0.3, 0.4) is 0 Å². The molecule has 2 aromatic carbocycles. The third-order valence-electron chi connectivity index (χ3n) is 6.56. The Hall–Kier alpha value is -4.10. The molecule has 0 spiro atoms. The topological polar surface area (TPSA) is 180 Å². The molecule has 1 fully saturated rings. The van der Waals surface area contributed by atoms with E-state index in [9.17, 15) is 18.0 Å². The van der Waals surface area contributed by atoms with Gasteiger partial charge in [-0.25, -0.2) is 8.42 Å². The fraction of sp³-hybridized carbons (Fsp3) is 0.333. The molecule has 0 bridgehead atoms. The number of nitrogens with zero attached hydrogens (tertiary/aromatic N) is 6. The van der Waals surface area contributed by atoms with Crippen LogP contribution < -0.4 is 20.1 Å². The summed E-state index contributed by atoms with van der Waals surface area (Å²) >= 11 is 2.39. The van der Waals surface area contributed by atoms with Gasteiger partial charge in [-0.05, 0) is 43.3 Å². The fourth-order valence-corrected chi connectivity index (χ4v) is 7.11. The lowest BCUT2D eigenvalue weighted by Crippen LogP contribution is -2.40. The average molecular weight is 675 g/mol. The Bertz CT molecular complexity index is 1770. The monoisotopic (exact) mass is 674 g/mol. The van der Waals surface area contributed by atoms with Crippen LogP contribution in [0, 0.1) is 6.92 Å². The number of nitrogens with one attached hydrogen (secondary N) is 2. The molecule has 1 saturated heterocycles. The predicted molar refractivity (Wildman–Crippen MR) is 166 cm³/mol. The van der Waals surface area contributed by atoms with Gasteiger partial charge in [0.25, 0.3) is 5.91 Å². The molecule has 0 saturated carbocycles. The maximum absolute atomic E-state index is 13.1. The van der Waals surface area contributed by atoms with Gasteiger partial charge in [0.2, 0.25) is 21.1 Å². The Morgan fingerprint density at radius 3 is 2.44 bits per heavy atom. The molecule has 0 atom stereocenters. The standard InChI is InChI=1S/C27H30N8O7S3/c1-17-30-32-26(44-17)29-24(36)16-43-27-33-31-23(35(27)21-14-19(40-2)6-9-22(21)41-3)15-28-25(37)18-4-7-20(8-5-18)45(38,39)34-10-12-42-13-11-34/h4-9,14H,10-13,15-16H2,1-3H3,(H,28,37)(H,29,32,36). The summed E-state index contributed by atoms with van der Waals surface area (Å²) in [6.07, 6.45) is 0. The second-order valence-electron chi connectivity index (χ2n) is 9.46. The number of ether oxygens (including phenoxy) is 3. The van der Waals surface area contributed by atoms with Crippen LogP contribution in [0.5, 0.6) is 11.5 Å². The number of hydrogen-bond acceptors (Lipinski definition) is 13. The lowest BCUT2D eigenvalue weighted by atomic mass is 10.2. The number of morpholine rings is 1. The summed E-state index contributed by atoms with van der Waals surface area (Å²) in [5.74, 6) is 0.618. The maximum atomic E-state index is 13.1. The van der Waals surface area contributed by atoms with Gasteiger partial charge in [0.1, 0.15) is 16.5 Å². The van der Waals surface area contributed by atoms with Crippen molar-refractivity contribution in [2.24, 2.45) is 0 Å². The smallest absolute Gasteiger partial charge is 0.251 e. The molecular weight excluding hydrogens is 645 g/mol. The van der Waals surface area contributed by atoms with Gasteiger partial charge in [0.05, 0.1) is 50.3 Å². The Balaban J connectivity index is 1.34. The highest BCUT2D eigenvalue weighted by Gasteiger charge is 2.26. The zero-order chi connectivity index (χ0) is 32.0. The molecule has 4 aromatic rings. The first-order valence-corrected chi connectivity index (χ1v) is 16.8. The SMILES string of the molecule is COc1ccc(OC)c(-n2c(CNC(=O)c3ccc(S(=O)(=O)N4CCOCC4)cc3)nnc2SCC(=O)Nc2nnc(C)s2)c1. The minimum Gasteiger partial charge on any atom is -0.497 e. The Labute approximate surface area is 267 Å². The number of thioether (sulfide) groups is 1. The van der Waals surface area contributed by atoms with Crippen molar-refractivity contribution in [1.29, 1.82) is 0 Å². The van der Waals surface area contributed by atoms with Gasteiger partial charge in [-0.2, -0.15) is 4.31 Å². The van der Waals surface area contributed by atoms with E-state index in [1.54, 1.807) is 29.7 Å².